The Balaban J connectivity index is 0. The molecule has 0 atom stereocenters. The van der Waals surface area contributed by atoms with Crippen molar-refractivity contribution in [2.24, 2.45) is 0 Å². The maximum absolute atomic E-state index is 10.4. The van der Waals surface area contributed by atoms with Crippen molar-refractivity contribution in [3.63, 3.8) is 0 Å². The summed E-state index contributed by atoms with van der Waals surface area (Å²) in [5.41, 5.74) is 0.451. The second kappa shape index (κ2) is 6.96. The number of rotatable bonds is 2. The summed E-state index contributed by atoms with van der Waals surface area (Å²) in [6.07, 6.45) is 0. The van der Waals surface area contributed by atoms with Crippen LogP contribution in [0.3, 0.4) is 0 Å². The van der Waals surface area contributed by atoms with Crippen LogP contribution in [0.25, 0.3) is 0 Å². The molecule has 0 aliphatic rings. The zero-order chi connectivity index (χ0) is 6.57. The topological polar surface area (TPSA) is 26.3 Å². The molecule has 0 saturated carbocycles. The van der Waals surface area contributed by atoms with Gasteiger partial charge in [-0.3, -0.25) is 0 Å². The normalized spacial score (nSPS) is 7.33. The van der Waals surface area contributed by atoms with Crippen LogP contribution in [0.2, 0.25) is 0 Å². The fourth-order valence-corrected chi connectivity index (χ4v) is 0.254. The van der Waals surface area contributed by atoms with Gasteiger partial charge in [0.1, 0.15) is 0 Å². The van der Waals surface area contributed by atoms with E-state index in [1.54, 1.807) is 13.8 Å². The van der Waals surface area contributed by atoms with E-state index in [1.165, 1.54) is 0 Å². The van der Waals surface area contributed by atoms with E-state index < -0.39 is 0 Å². The van der Waals surface area contributed by atoms with Gasteiger partial charge in [0.2, 0.25) is 0 Å². The van der Waals surface area contributed by atoms with E-state index in [2.05, 4.69) is 11.3 Å². The van der Waals surface area contributed by atoms with Crippen molar-refractivity contribution in [1.29, 1.82) is 0 Å². The van der Waals surface area contributed by atoms with Gasteiger partial charge >= 0.3 is 57.4 Å². The molecule has 0 heterocycles. The van der Waals surface area contributed by atoms with Gasteiger partial charge in [-0.1, -0.05) is 6.58 Å². The fourth-order valence-electron chi connectivity index (χ4n) is 0.254. The van der Waals surface area contributed by atoms with Gasteiger partial charge in [0.25, 0.3) is 0 Å². The summed E-state index contributed by atoms with van der Waals surface area (Å²) in [5.74, 6) is -0.312. The molecule has 48 valence electrons. The molecule has 9 heavy (non-hydrogen) atoms. The van der Waals surface area contributed by atoms with Crippen molar-refractivity contribution in [2.75, 3.05) is 6.61 Å². The van der Waals surface area contributed by atoms with Crippen LogP contribution < -0.4 is 0 Å². The number of hydrogen-bond donors (Lipinski definition) is 0. The molecule has 0 spiro atoms. The SMILES string of the molecule is C=C(C)C(=O)OCC.[KH]. The minimum atomic E-state index is -0.312. The zero-order valence-corrected chi connectivity index (χ0v) is 5.23. The third kappa shape index (κ3) is 6.74. The van der Waals surface area contributed by atoms with Crippen LogP contribution in [0.1, 0.15) is 13.8 Å². The number of esters is 1. The third-order valence-electron chi connectivity index (χ3n) is 0.624. The van der Waals surface area contributed by atoms with Crippen LogP contribution in [0.15, 0.2) is 12.2 Å². The third-order valence-corrected chi connectivity index (χ3v) is 0.624. The summed E-state index contributed by atoms with van der Waals surface area (Å²) in [5, 5.41) is 0. The zero-order valence-electron chi connectivity index (χ0n) is 5.23. The van der Waals surface area contributed by atoms with Crippen molar-refractivity contribution < 1.29 is 9.53 Å². The Bertz CT molecular complexity index is 110. The Kier molecular flexibility index (Phi) is 9.68. The van der Waals surface area contributed by atoms with E-state index in [0.717, 1.165) is 0 Å². The van der Waals surface area contributed by atoms with E-state index in [4.69, 9.17) is 0 Å². The molecule has 0 aromatic carbocycles. The summed E-state index contributed by atoms with van der Waals surface area (Å²) in [4.78, 5) is 10.4. The molecule has 0 fully saturated rings. The van der Waals surface area contributed by atoms with E-state index >= 15 is 0 Å². The van der Waals surface area contributed by atoms with Crippen LogP contribution in [0.5, 0.6) is 0 Å². The molecule has 0 rings (SSSR count). The molecule has 0 amide bonds. The number of hydrogen-bond acceptors (Lipinski definition) is 2. The molecular weight excluding hydrogens is 143 g/mol. The van der Waals surface area contributed by atoms with E-state index in [1.807, 2.05) is 0 Å². The van der Waals surface area contributed by atoms with Crippen molar-refractivity contribution in [2.45, 2.75) is 13.8 Å². The molecule has 2 nitrogen and oxygen atoms in total. The van der Waals surface area contributed by atoms with E-state index in [9.17, 15) is 4.79 Å². The van der Waals surface area contributed by atoms with E-state index in [0.29, 0.717) is 12.2 Å². The molecule has 3 heteroatoms. The molecule has 0 unspecified atom stereocenters. The van der Waals surface area contributed by atoms with Gasteiger partial charge in [0.15, 0.2) is 0 Å². The first-order valence-electron chi connectivity index (χ1n) is 2.51. The summed E-state index contributed by atoms with van der Waals surface area (Å²) in [6.45, 7) is 7.21. The molecule has 0 aromatic rings. The average Bonchev–Trinajstić information content (AvgIpc) is 1.67. The Morgan fingerprint density at radius 1 is 1.67 bits per heavy atom. The van der Waals surface area contributed by atoms with Crippen molar-refractivity contribution in [3.05, 3.63) is 12.2 Å². The van der Waals surface area contributed by atoms with Gasteiger partial charge in [-0.2, -0.15) is 0 Å². The fraction of sp³-hybridized carbons (Fsp3) is 0.500. The Hall–Kier alpha value is 0.846. The predicted octanol–water partition coefficient (Wildman–Crippen LogP) is 0.477. The summed E-state index contributed by atoms with van der Waals surface area (Å²) >= 11 is 0. The molecule has 0 N–H and O–H groups in total. The maximum atomic E-state index is 10.4. The second-order valence-corrected chi connectivity index (χ2v) is 1.50. The summed E-state index contributed by atoms with van der Waals surface area (Å²) in [7, 11) is 0. The van der Waals surface area contributed by atoms with Crippen LogP contribution in [0, 0.1) is 0 Å². The Morgan fingerprint density at radius 3 is 2.22 bits per heavy atom. The minimum absolute atomic E-state index is 0. The van der Waals surface area contributed by atoms with Crippen LogP contribution in [-0.2, 0) is 9.53 Å². The van der Waals surface area contributed by atoms with Gasteiger partial charge in [0, 0.05) is 5.57 Å². The summed E-state index contributed by atoms with van der Waals surface area (Å²) < 4.78 is 4.56. The molecule has 0 aliphatic carbocycles. The van der Waals surface area contributed by atoms with Gasteiger partial charge in [0.05, 0.1) is 6.61 Å². The first-order valence-corrected chi connectivity index (χ1v) is 2.51. The summed E-state index contributed by atoms with van der Waals surface area (Å²) in [6, 6.07) is 0. The first-order chi connectivity index (χ1) is 3.68. The predicted molar refractivity (Wildman–Crippen MR) is 38.6 cm³/mol. The standard InChI is InChI=1S/C6H10O2.K.H/c1-4-8-6(7)5(2)3;;/h2,4H2,1,3H3;;. The average molecular weight is 154 g/mol. The van der Waals surface area contributed by atoms with Gasteiger partial charge in [-0.25, -0.2) is 4.79 Å². The van der Waals surface area contributed by atoms with Crippen molar-refractivity contribution in [1.82, 2.24) is 0 Å². The second-order valence-electron chi connectivity index (χ2n) is 1.50. The Morgan fingerprint density at radius 2 is 2.11 bits per heavy atom. The van der Waals surface area contributed by atoms with Gasteiger partial charge in [-0.15, -0.1) is 0 Å². The Labute approximate surface area is 98.1 Å². The van der Waals surface area contributed by atoms with Gasteiger partial charge in [-0.05, 0) is 13.8 Å². The molecule has 0 saturated heterocycles. The van der Waals surface area contributed by atoms with Gasteiger partial charge < -0.3 is 4.74 Å². The molecule has 0 radical (unpaired) electrons. The van der Waals surface area contributed by atoms with Crippen molar-refractivity contribution in [3.8, 4) is 0 Å². The first kappa shape index (κ1) is 12.5. The molecule has 0 aromatic heterocycles. The number of carbonyl (C=O) groups is 1. The van der Waals surface area contributed by atoms with Crippen molar-refractivity contribution >= 4 is 57.4 Å². The monoisotopic (exact) mass is 154 g/mol. The number of ether oxygens (including phenoxy) is 1. The molecule has 0 aliphatic heterocycles. The van der Waals surface area contributed by atoms with Crippen LogP contribution >= 0.6 is 0 Å². The van der Waals surface area contributed by atoms with Crippen LogP contribution in [-0.4, -0.2) is 64.0 Å². The van der Waals surface area contributed by atoms with E-state index in [-0.39, 0.29) is 57.4 Å². The quantitative estimate of drug-likeness (QED) is 0.328. The number of carbonyl (C=O) groups excluding carboxylic acids is 1. The van der Waals surface area contributed by atoms with Crippen LogP contribution in [0.4, 0.5) is 0 Å². The molecular formula is C6H11KO2. The molecule has 0 bridgehead atoms.